The molecule has 1 fully saturated rings. The summed E-state index contributed by atoms with van der Waals surface area (Å²) in [4.78, 5) is 14.0. The molecule has 4 N–H and O–H groups in total. The minimum atomic E-state index is -0.517. The lowest BCUT2D eigenvalue weighted by molar-refractivity contribution is -0.125. The summed E-state index contributed by atoms with van der Waals surface area (Å²) in [6, 6.07) is 5.55. The number of nitrogens with zero attached hydrogens (tertiary/aromatic N) is 1. The van der Waals surface area contributed by atoms with Crippen LogP contribution in [0.4, 0.5) is 5.69 Å². The number of primary amides is 1. The Morgan fingerprint density at radius 2 is 2.15 bits per heavy atom. The zero-order chi connectivity index (χ0) is 14.9. The molecule has 6 heteroatoms. The highest BCUT2D eigenvalue weighted by atomic mass is 32.1. The molecule has 0 spiro atoms. The number of rotatable bonds is 4. The molecule has 1 atom stereocenters. The Morgan fingerprint density at radius 1 is 1.45 bits per heavy atom. The number of benzene rings is 1. The molecule has 1 heterocycles. The summed E-state index contributed by atoms with van der Waals surface area (Å²) in [5.41, 5.74) is 12.4. The molecule has 1 aliphatic rings. The second kappa shape index (κ2) is 5.28. The van der Waals surface area contributed by atoms with E-state index < -0.39 is 5.41 Å². The van der Waals surface area contributed by atoms with Crippen molar-refractivity contribution in [2.24, 2.45) is 16.9 Å². The number of amides is 1. The van der Waals surface area contributed by atoms with E-state index in [0.717, 1.165) is 30.0 Å². The van der Waals surface area contributed by atoms with Crippen LogP contribution >= 0.6 is 12.2 Å². The first kappa shape index (κ1) is 14.6. The molecule has 5 nitrogen and oxygen atoms in total. The SMILES string of the molecule is COc1ccc(C(N)=S)c(N2CCC(C)(C(N)=O)C2)c1. The number of carbonyl (C=O) groups is 1. The summed E-state index contributed by atoms with van der Waals surface area (Å²) in [7, 11) is 1.61. The van der Waals surface area contributed by atoms with Crippen LogP contribution in [0.5, 0.6) is 5.75 Å². The van der Waals surface area contributed by atoms with E-state index in [1.54, 1.807) is 7.11 Å². The van der Waals surface area contributed by atoms with Gasteiger partial charge in [0.25, 0.3) is 0 Å². The van der Waals surface area contributed by atoms with Crippen molar-refractivity contribution >= 4 is 28.8 Å². The highest BCUT2D eigenvalue weighted by molar-refractivity contribution is 7.80. The molecular weight excluding hydrogens is 274 g/mol. The van der Waals surface area contributed by atoms with Gasteiger partial charge in [0.15, 0.2) is 0 Å². The number of anilines is 1. The molecule has 108 valence electrons. The average Bonchev–Trinajstić information content (AvgIpc) is 2.82. The van der Waals surface area contributed by atoms with Crippen LogP contribution in [0.3, 0.4) is 0 Å². The molecule has 1 amide bonds. The van der Waals surface area contributed by atoms with Gasteiger partial charge in [0.2, 0.25) is 5.91 Å². The van der Waals surface area contributed by atoms with Crippen LogP contribution < -0.4 is 21.1 Å². The Hall–Kier alpha value is -1.82. The summed E-state index contributed by atoms with van der Waals surface area (Å²) in [6.45, 7) is 3.18. The number of nitrogens with two attached hydrogens (primary N) is 2. The van der Waals surface area contributed by atoms with Crippen LogP contribution in [0.25, 0.3) is 0 Å². The molecular formula is C14H19N3O2S. The fraction of sp³-hybridized carbons (Fsp3) is 0.429. The van der Waals surface area contributed by atoms with Crippen molar-refractivity contribution in [3.63, 3.8) is 0 Å². The fourth-order valence-electron chi connectivity index (χ4n) is 2.48. The van der Waals surface area contributed by atoms with E-state index in [4.69, 9.17) is 28.4 Å². The summed E-state index contributed by atoms with van der Waals surface area (Å²) >= 11 is 5.09. The van der Waals surface area contributed by atoms with Crippen molar-refractivity contribution < 1.29 is 9.53 Å². The Labute approximate surface area is 123 Å². The molecule has 1 aliphatic heterocycles. The van der Waals surface area contributed by atoms with Gasteiger partial charge in [-0.05, 0) is 25.5 Å². The zero-order valence-corrected chi connectivity index (χ0v) is 12.5. The van der Waals surface area contributed by atoms with Crippen LogP contribution in [0.2, 0.25) is 0 Å². The fourth-order valence-corrected chi connectivity index (χ4v) is 2.65. The van der Waals surface area contributed by atoms with Crippen LogP contribution in [-0.4, -0.2) is 31.1 Å². The molecule has 0 radical (unpaired) electrons. The van der Waals surface area contributed by atoms with Crippen LogP contribution in [0.15, 0.2) is 18.2 Å². The summed E-state index contributed by atoms with van der Waals surface area (Å²) < 4.78 is 5.25. The van der Waals surface area contributed by atoms with Gasteiger partial charge in [0, 0.05) is 24.7 Å². The van der Waals surface area contributed by atoms with Crippen LogP contribution in [0, 0.1) is 5.41 Å². The van der Waals surface area contributed by atoms with Crippen molar-refractivity contribution in [2.75, 3.05) is 25.1 Å². The van der Waals surface area contributed by atoms with Crippen molar-refractivity contribution in [2.45, 2.75) is 13.3 Å². The Morgan fingerprint density at radius 3 is 2.65 bits per heavy atom. The molecule has 0 bridgehead atoms. The number of hydrogen-bond acceptors (Lipinski definition) is 4. The summed E-state index contributed by atoms with van der Waals surface area (Å²) in [5, 5.41) is 0. The number of carbonyl (C=O) groups excluding carboxylic acids is 1. The van der Waals surface area contributed by atoms with Crippen molar-refractivity contribution in [3.8, 4) is 5.75 Å². The second-order valence-corrected chi connectivity index (χ2v) is 5.78. The maximum absolute atomic E-state index is 11.6. The van der Waals surface area contributed by atoms with Gasteiger partial charge in [-0.25, -0.2) is 0 Å². The summed E-state index contributed by atoms with van der Waals surface area (Å²) in [5.74, 6) is 0.451. The second-order valence-electron chi connectivity index (χ2n) is 5.34. The first-order valence-electron chi connectivity index (χ1n) is 6.40. The molecule has 1 unspecified atom stereocenters. The van der Waals surface area contributed by atoms with Gasteiger partial charge in [-0.3, -0.25) is 4.79 Å². The first-order chi connectivity index (χ1) is 9.37. The zero-order valence-electron chi connectivity index (χ0n) is 11.7. The smallest absolute Gasteiger partial charge is 0.225 e. The maximum Gasteiger partial charge on any atom is 0.225 e. The molecule has 20 heavy (non-hydrogen) atoms. The van der Waals surface area contributed by atoms with Gasteiger partial charge in [0.05, 0.1) is 18.2 Å². The lowest BCUT2D eigenvalue weighted by Gasteiger charge is -2.24. The van der Waals surface area contributed by atoms with Crippen molar-refractivity contribution in [3.05, 3.63) is 23.8 Å². The Bertz CT molecular complexity index is 561. The maximum atomic E-state index is 11.6. The minimum absolute atomic E-state index is 0.278. The largest absolute Gasteiger partial charge is 0.497 e. The number of hydrogen-bond donors (Lipinski definition) is 2. The van der Waals surface area contributed by atoms with E-state index in [1.807, 2.05) is 25.1 Å². The third-order valence-electron chi connectivity index (χ3n) is 3.88. The molecule has 0 saturated carbocycles. The molecule has 1 saturated heterocycles. The third kappa shape index (κ3) is 2.56. The highest BCUT2D eigenvalue weighted by Crippen LogP contribution is 2.36. The highest BCUT2D eigenvalue weighted by Gasteiger charge is 2.39. The van der Waals surface area contributed by atoms with Gasteiger partial charge >= 0.3 is 0 Å². The lowest BCUT2D eigenvalue weighted by atomic mass is 9.89. The predicted octanol–water partition coefficient (Wildman–Crippen LogP) is 1.03. The van der Waals surface area contributed by atoms with E-state index in [-0.39, 0.29) is 5.91 Å². The molecule has 0 aromatic heterocycles. The first-order valence-corrected chi connectivity index (χ1v) is 6.81. The number of methoxy groups -OCH3 is 1. The van der Waals surface area contributed by atoms with Gasteiger partial charge in [-0.1, -0.05) is 12.2 Å². The number of thiocarbonyl (C=S) groups is 1. The average molecular weight is 293 g/mol. The quantitative estimate of drug-likeness (QED) is 0.810. The van der Waals surface area contributed by atoms with E-state index in [2.05, 4.69) is 4.90 Å². The molecule has 1 aromatic carbocycles. The van der Waals surface area contributed by atoms with Gasteiger partial charge in [0.1, 0.15) is 10.7 Å². The Kier molecular flexibility index (Phi) is 3.85. The standard InChI is InChI=1S/C14H19N3O2S/c1-14(13(16)18)5-6-17(8-14)11-7-9(19-2)3-4-10(11)12(15)20/h3-4,7H,5-6,8H2,1-2H3,(H2,15,20)(H2,16,18). The summed E-state index contributed by atoms with van der Waals surface area (Å²) in [6.07, 6.45) is 0.719. The number of ether oxygens (including phenoxy) is 1. The Balaban J connectivity index is 2.37. The van der Waals surface area contributed by atoms with E-state index in [0.29, 0.717) is 11.5 Å². The van der Waals surface area contributed by atoms with E-state index in [9.17, 15) is 4.79 Å². The van der Waals surface area contributed by atoms with Crippen molar-refractivity contribution in [1.29, 1.82) is 0 Å². The molecule has 1 aromatic rings. The predicted molar refractivity (Wildman–Crippen MR) is 83.0 cm³/mol. The lowest BCUT2D eigenvalue weighted by Crippen LogP contribution is -2.37. The normalized spacial score (nSPS) is 21.8. The van der Waals surface area contributed by atoms with Gasteiger partial charge in [-0.15, -0.1) is 0 Å². The van der Waals surface area contributed by atoms with Crippen LogP contribution in [0.1, 0.15) is 18.9 Å². The van der Waals surface area contributed by atoms with E-state index >= 15 is 0 Å². The minimum Gasteiger partial charge on any atom is -0.497 e. The topological polar surface area (TPSA) is 81.6 Å². The van der Waals surface area contributed by atoms with Gasteiger partial charge in [-0.2, -0.15) is 0 Å². The van der Waals surface area contributed by atoms with E-state index in [1.165, 1.54) is 0 Å². The molecule has 0 aliphatic carbocycles. The van der Waals surface area contributed by atoms with Crippen molar-refractivity contribution in [1.82, 2.24) is 0 Å². The molecule has 2 rings (SSSR count). The monoisotopic (exact) mass is 293 g/mol. The van der Waals surface area contributed by atoms with Crippen LogP contribution in [-0.2, 0) is 4.79 Å². The van der Waals surface area contributed by atoms with Gasteiger partial charge < -0.3 is 21.1 Å². The third-order valence-corrected chi connectivity index (χ3v) is 4.10.